The normalized spacial score (nSPS) is 14.5. The number of allylic oxidation sites excluding steroid dienone is 2. The molecule has 0 radical (unpaired) electrons. The maximum atomic E-state index is 12.5. The van der Waals surface area contributed by atoms with Crippen LogP contribution in [0.15, 0.2) is 98.4 Å². The zero-order valence-electron chi connectivity index (χ0n) is 20.5. The molecule has 1 aliphatic carbocycles. The summed E-state index contributed by atoms with van der Waals surface area (Å²) < 4.78 is 50.1. The van der Waals surface area contributed by atoms with Gasteiger partial charge in [-0.2, -0.15) is 27.0 Å². The van der Waals surface area contributed by atoms with Gasteiger partial charge in [0.1, 0.15) is 0 Å². The Morgan fingerprint density at radius 1 is 0.676 bits per heavy atom. The third-order valence-electron chi connectivity index (χ3n) is 5.98. The summed E-state index contributed by atoms with van der Waals surface area (Å²) in [6.07, 6.45) is 5.44. The minimum atomic E-state index is -3.79. The molecular weight excluding hydrogens is 508 g/mol. The molecule has 2 N–H and O–H groups in total. The Labute approximate surface area is 217 Å². The number of sulfonamides is 2. The highest BCUT2D eigenvalue weighted by Gasteiger charge is 2.18. The van der Waals surface area contributed by atoms with Gasteiger partial charge in [-0.05, 0) is 74.1 Å². The lowest BCUT2D eigenvalue weighted by molar-refractivity contribution is 0.583. The zero-order chi connectivity index (χ0) is 26.5. The highest BCUT2D eigenvalue weighted by atomic mass is 32.2. The van der Waals surface area contributed by atoms with Crippen LogP contribution in [0.4, 0.5) is 0 Å². The van der Waals surface area contributed by atoms with Gasteiger partial charge in [-0.15, -0.1) is 0 Å². The van der Waals surface area contributed by atoms with E-state index in [1.54, 1.807) is 30.5 Å². The lowest BCUT2D eigenvalue weighted by atomic mass is 9.97. The average Bonchev–Trinajstić information content (AvgIpc) is 3.33. The van der Waals surface area contributed by atoms with Crippen molar-refractivity contribution in [1.29, 1.82) is 0 Å². The fourth-order valence-corrected chi connectivity index (χ4v) is 5.56. The molecule has 1 aliphatic rings. The molecule has 0 amide bonds. The number of nitrogens with zero attached hydrogens (tertiary/aromatic N) is 2. The van der Waals surface area contributed by atoms with Crippen molar-refractivity contribution in [2.24, 2.45) is 10.2 Å². The lowest BCUT2D eigenvalue weighted by Gasteiger charge is -2.09. The van der Waals surface area contributed by atoms with Gasteiger partial charge in [-0.3, -0.25) is 0 Å². The number of rotatable bonds is 9. The summed E-state index contributed by atoms with van der Waals surface area (Å²) in [7, 11) is -7.55. The third-order valence-corrected chi connectivity index (χ3v) is 8.46. The van der Waals surface area contributed by atoms with Crippen LogP contribution >= 0.6 is 0 Å². The second-order valence-corrected chi connectivity index (χ2v) is 12.1. The SMILES string of the molecule is Cc1ccc(S(=O)(=O)N/N=C/C2=C(c3ccccc3/C=N/NS(=O)(=O)c3ccc(C)cc3)CCC2)cc1. The number of hydrogen-bond donors (Lipinski definition) is 2. The second-order valence-electron chi connectivity index (χ2n) is 8.78. The van der Waals surface area contributed by atoms with E-state index in [0.29, 0.717) is 0 Å². The van der Waals surface area contributed by atoms with Gasteiger partial charge in [0.15, 0.2) is 0 Å². The predicted octanol–water partition coefficient (Wildman–Crippen LogP) is 4.52. The first kappa shape index (κ1) is 26.3. The first-order chi connectivity index (χ1) is 17.7. The zero-order valence-corrected chi connectivity index (χ0v) is 22.2. The molecule has 4 rings (SSSR count). The molecule has 10 heteroatoms. The highest BCUT2D eigenvalue weighted by Crippen LogP contribution is 2.34. The van der Waals surface area contributed by atoms with E-state index in [9.17, 15) is 16.8 Å². The number of aryl methyl sites for hydroxylation is 2. The Balaban J connectivity index is 1.52. The van der Waals surface area contributed by atoms with Gasteiger partial charge in [-0.1, -0.05) is 59.7 Å². The van der Waals surface area contributed by atoms with Gasteiger partial charge < -0.3 is 0 Å². The number of benzene rings is 3. The van der Waals surface area contributed by atoms with Crippen molar-refractivity contribution in [3.05, 3.63) is 101 Å². The number of nitrogens with one attached hydrogen (secondary N) is 2. The molecule has 192 valence electrons. The summed E-state index contributed by atoms with van der Waals surface area (Å²) in [4.78, 5) is 4.82. The van der Waals surface area contributed by atoms with Crippen LogP contribution in [0.5, 0.6) is 0 Å². The molecule has 0 heterocycles. The fourth-order valence-electron chi connectivity index (χ4n) is 3.98. The molecular formula is C27H28N4O4S2. The Morgan fingerprint density at radius 2 is 1.19 bits per heavy atom. The van der Waals surface area contributed by atoms with Crippen molar-refractivity contribution in [3.63, 3.8) is 0 Å². The summed E-state index contributed by atoms with van der Waals surface area (Å²) in [5, 5.41) is 8.01. The average molecular weight is 537 g/mol. The van der Waals surface area contributed by atoms with Gasteiger partial charge in [0, 0.05) is 5.56 Å². The Hall–Kier alpha value is -3.76. The Kier molecular flexibility index (Phi) is 7.89. The third kappa shape index (κ3) is 6.52. The summed E-state index contributed by atoms with van der Waals surface area (Å²) in [5.41, 5.74) is 5.48. The molecule has 0 unspecified atom stereocenters. The van der Waals surface area contributed by atoms with E-state index < -0.39 is 20.0 Å². The minimum absolute atomic E-state index is 0.133. The Morgan fingerprint density at radius 3 is 1.76 bits per heavy atom. The molecule has 37 heavy (non-hydrogen) atoms. The summed E-state index contributed by atoms with van der Waals surface area (Å²) >= 11 is 0. The quantitative estimate of drug-likeness (QED) is 0.309. The molecule has 3 aromatic carbocycles. The largest absolute Gasteiger partial charge is 0.276 e. The smallest absolute Gasteiger partial charge is 0.200 e. The predicted molar refractivity (Wildman–Crippen MR) is 146 cm³/mol. The van der Waals surface area contributed by atoms with Crippen LogP contribution in [-0.2, 0) is 20.0 Å². The minimum Gasteiger partial charge on any atom is -0.200 e. The van der Waals surface area contributed by atoms with Crippen molar-refractivity contribution in [2.75, 3.05) is 0 Å². The first-order valence-electron chi connectivity index (χ1n) is 11.7. The van der Waals surface area contributed by atoms with Gasteiger partial charge in [-0.25, -0.2) is 9.66 Å². The van der Waals surface area contributed by atoms with Crippen molar-refractivity contribution in [2.45, 2.75) is 42.9 Å². The van der Waals surface area contributed by atoms with E-state index in [2.05, 4.69) is 19.9 Å². The van der Waals surface area contributed by atoms with Crippen molar-refractivity contribution in [1.82, 2.24) is 9.66 Å². The molecule has 0 fully saturated rings. The van der Waals surface area contributed by atoms with Crippen molar-refractivity contribution in [3.8, 4) is 0 Å². The Bertz CT molecular complexity index is 1570. The summed E-state index contributed by atoms with van der Waals surface area (Å²) in [5.74, 6) is 0. The fraction of sp³-hybridized carbons (Fsp3) is 0.185. The molecule has 0 bridgehead atoms. The topological polar surface area (TPSA) is 117 Å². The van der Waals surface area contributed by atoms with E-state index in [-0.39, 0.29) is 9.79 Å². The molecule has 8 nitrogen and oxygen atoms in total. The molecule has 0 atom stereocenters. The number of hydrogen-bond acceptors (Lipinski definition) is 6. The van der Waals surface area contributed by atoms with E-state index in [4.69, 9.17) is 0 Å². The molecule has 0 spiro atoms. The van der Waals surface area contributed by atoms with E-state index >= 15 is 0 Å². The van der Waals surface area contributed by atoms with E-state index in [0.717, 1.165) is 52.7 Å². The standard InChI is InChI=1S/C27H28N4O4S2/c1-20-10-14-24(15-11-20)36(32,33)30-28-18-22-6-3-4-8-26(22)27-9-5-7-23(27)19-29-31-37(34,35)25-16-12-21(2)13-17-25/h3-4,6,8,10-19,30-31H,5,7,9H2,1-2H3/b28-18+,29-19+. The monoisotopic (exact) mass is 536 g/mol. The van der Waals surface area contributed by atoms with Crippen LogP contribution in [0.3, 0.4) is 0 Å². The van der Waals surface area contributed by atoms with Crippen LogP contribution in [0.25, 0.3) is 5.57 Å². The molecule has 3 aromatic rings. The second kappa shape index (κ2) is 11.1. The van der Waals surface area contributed by atoms with Crippen molar-refractivity contribution < 1.29 is 16.8 Å². The van der Waals surface area contributed by atoms with E-state index in [1.165, 1.54) is 30.5 Å². The van der Waals surface area contributed by atoms with Crippen molar-refractivity contribution >= 4 is 38.0 Å². The van der Waals surface area contributed by atoms with Crippen LogP contribution in [0.1, 0.15) is 41.5 Å². The molecule has 0 saturated heterocycles. The van der Waals surface area contributed by atoms with Crippen LogP contribution < -0.4 is 9.66 Å². The van der Waals surface area contributed by atoms with Gasteiger partial charge in [0.05, 0.1) is 22.2 Å². The van der Waals surface area contributed by atoms with Crippen LogP contribution in [0.2, 0.25) is 0 Å². The first-order valence-corrected chi connectivity index (χ1v) is 14.7. The summed E-state index contributed by atoms with van der Waals surface area (Å²) in [6, 6.07) is 20.6. The van der Waals surface area contributed by atoms with Gasteiger partial charge in [0.2, 0.25) is 0 Å². The molecule has 0 saturated carbocycles. The van der Waals surface area contributed by atoms with Gasteiger partial charge in [0.25, 0.3) is 20.0 Å². The van der Waals surface area contributed by atoms with Crippen LogP contribution in [-0.4, -0.2) is 29.3 Å². The van der Waals surface area contributed by atoms with Crippen LogP contribution in [0, 0.1) is 13.8 Å². The lowest BCUT2D eigenvalue weighted by Crippen LogP contribution is -2.18. The maximum Gasteiger partial charge on any atom is 0.276 e. The molecule has 0 aromatic heterocycles. The van der Waals surface area contributed by atoms with Gasteiger partial charge >= 0.3 is 0 Å². The molecule has 0 aliphatic heterocycles. The highest BCUT2D eigenvalue weighted by molar-refractivity contribution is 7.89. The van der Waals surface area contributed by atoms with E-state index in [1.807, 2.05) is 38.1 Å². The number of hydrazone groups is 2. The summed E-state index contributed by atoms with van der Waals surface area (Å²) in [6.45, 7) is 3.77. The maximum absolute atomic E-state index is 12.5.